The van der Waals surface area contributed by atoms with Gasteiger partial charge in [0.05, 0.1) is 5.76 Å². The highest BCUT2D eigenvalue weighted by atomic mass is 16.5. The number of ether oxygens (including phenoxy) is 1. The van der Waals surface area contributed by atoms with E-state index in [0.717, 1.165) is 18.6 Å². The molecule has 0 spiro atoms. The molecular formula is C9H14O2. The quantitative estimate of drug-likeness (QED) is 0.608. The molecule has 0 saturated heterocycles. The second kappa shape index (κ2) is 3.56. The molecule has 11 heavy (non-hydrogen) atoms. The second-order valence-electron chi connectivity index (χ2n) is 2.95. The molecule has 62 valence electrons. The minimum atomic E-state index is 0.137. The average Bonchev–Trinajstić information content (AvgIpc) is 1.85. The summed E-state index contributed by atoms with van der Waals surface area (Å²) in [6.45, 7) is 3.93. The molecular weight excluding hydrogens is 140 g/mol. The van der Waals surface area contributed by atoms with Crippen LogP contribution >= 0.6 is 0 Å². The third kappa shape index (κ3) is 2.37. The lowest BCUT2D eigenvalue weighted by Crippen LogP contribution is -2.20. The zero-order valence-electron chi connectivity index (χ0n) is 7.09. The van der Waals surface area contributed by atoms with E-state index in [4.69, 9.17) is 4.74 Å². The van der Waals surface area contributed by atoms with E-state index in [0.29, 0.717) is 6.42 Å². The Labute approximate surface area is 67.2 Å². The molecule has 0 N–H and O–H groups in total. The molecule has 0 saturated carbocycles. The summed E-state index contributed by atoms with van der Waals surface area (Å²) in [5.41, 5.74) is 0. The van der Waals surface area contributed by atoms with Crippen molar-refractivity contribution in [2.24, 2.45) is 0 Å². The first-order valence-electron chi connectivity index (χ1n) is 4.10. The van der Waals surface area contributed by atoms with Gasteiger partial charge >= 0.3 is 0 Å². The van der Waals surface area contributed by atoms with Crippen LogP contribution in [-0.2, 0) is 9.53 Å². The summed E-state index contributed by atoms with van der Waals surface area (Å²) < 4.78 is 5.44. The van der Waals surface area contributed by atoms with Gasteiger partial charge in [0, 0.05) is 12.5 Å². The summed E-state index contributed by atoms with van der Waals surface area (Å²) in [5.74, 6) is 0.965. The highest BCUT2D eigenvalue weighted by Gasteiger charge is 2.18. The zero-order chi connectivity index (χ0) is 8.27. The van der Waals surface area contributed by atoms with Gasteiger partial charge in [-0.15, -0.1) is 0 Å². The standard InChI is InChI=1S/C9H14O2/c1-3-4-9-6-8(10)5-7(2)11-9/h5,9H,3-4,6H2,1-2H3. The van der Waals surface area contributed by atoms with Gasteiger partial charge in [-0.3, -0.25) is 4.79 Å². The highest BCUT2D eigenvalue weighted by Crippen LogP contribution is 2.17. The van der Waals surface area contributed by atoms with E-state index in [9.17, 15) is 4.79 Å². The van der Waals surface area contributed by atoms with Crippen molar-refractivity contribution in [2.45, 2.75) is 39.2 Å². The van der Waals surface area contributed by atoms with Crippen LogP contribution in [0.3, 0.4) is 0 Å². The van der Waals surface area contributed by atoms with Gasteiger partial charge in [-0.05, 0) is 13.3 Å². The monoisotopic (exact) mass is 154 g/mol. The van der Waals surface area contributed by atoms with Gasteiger partial charge in [-0.25, -0.2) is 0 Å². The van der Waals surface area contributed by atoms with Crippen LogP contribution in [0.5, 0.6) is 0 Å². The molecule has 0 aromatic rings. The van der Waals surface area contributed by atoms with E-state index < -0.39 is 0 Å². The van der Waals surface area contributed by atoms with Gasteiger partial charge in [0.15, 0.2) is 5.78 Å². The number of ketones is 1. The summed E-state index contributed by atoms with van der Waals surface area (Å²) in [7, 11) is 0. The lowest BCUT2D eigenvalue weighted by molar-refractivity contribution is -0.118. The second-order valence-corrected chi connectivity index (χ2v) is 2.95. The third-order valence-electron chi connectivity index (χ3n) is 1.76. The van der Waals surface area contributed by atoms with Crippen LogP contribution in [-0.4, -0.2) is 11.9 Å². The van der Waals surface area contributed by atoms with Crippen LogP contribution in [0.2, 0.25) is 0 Å². The predicted molar refractivity (Wildman–Crippen MR) is 43.2 cm³/mol. The van der Waals surface area contributed by atoms with E-state index >= 15 is 0 Å². The minimum Gasteiger partial charge on any atom is -0.494 e. The van der Waals surface area contributed by atoms with Crippen molar-refractivity contribution in [1.82, 2.24) is 0 Å². The molecule has 0 aromatic heterocycles. The first-order chi connectivity index (χ1) is 5.22. The maximum atomic E-state index is 11.0. The molecule has 1 heterocycles. The molecule has 1 atom stereocenters. The van der Waals surface area contributed by atoms with Gasteiger partial charge in [0.25, 0.3) is 0 Å². The van der Waals surface area contributed by atoms with Crippen molar-refractivity contribution in [3.05, 3.63) is 11.8 Å². The first-order valence-corrected chi connectivity index (χ1v) is 4.10. The van der Waals surface area contributed by atoms with E-state index in [1.54, 1.807) is 6.08 Å². The SMILES string of the molecule is CCCC1CC(=O)C=C(C)O1. The highest BCUT2D eigenvalue weighted by molar-refractivity contribution is 5.91. The Hall–Kier alpha value is -0.790. The fourth-order valence-corrected chi connectivity index (χ4v) is 1.33. The Morgan fingerprint density at radius 2 is 2.45 bits per heavy atom. The Kier molecular flexibility index (Phi) is 2.69. The topological polar surface area (TPSA) is 26.3 Å². The maximum Gasteiger partial charge on any atom is 0.162 e. The van der Waals surface area contributed by atoms with Crippen molar-refractivity contribution in [3.63, 3.8) is 0 Å². The van der Waals surface area contributed by atoms with Gasteiger partial charge in [0.1, 0.15) is 6.10 Å². The molecule has 0 aromatic carbocycles. The minimum absolute atomic E-state index is 0.137. The van der Waals surface area contributed by atoms with Crippen LogP contribution in [0.25, 0.3) is 0 Å². The fourth-order valence-electron chi connectivity index (χ4n) is 1.33. The average molecular weight is 154 g/mol. The van der Waals surface area contributed by atoms with Crippen LogP contribution in [0.15, 0.2) is 11.8 Å². The Morgan fingerprint density at radius 1 is 1.73 bits per heavy atom. The number of hydrogen-bond acceptors (Lipinski definition) is 2. The lowest BCUT2D eigenvalue weighted by Gasteiger charge is -2.21. The normalized spacial score (nSPS) is 24.4. The Balaban J connectivity index is 2.50. The van der Waals surface area contributed by atoms with Crippen molar-refractivity contribution in [3.8, 4) is 0 Å². The maximum absolute atomic E-state index is 11.0. The van der Waals surface area contributed by atoms with Crippen molar-refractivity contribution >= 4 is 5.78 Å². The van der Waals surface area contributed by atoms with Gasteiger partial charge < -0.3 is 4.74 Å². The molecule has 2 heteroatoms. The first kappa shape index (κ1) is 8.31. The van der Waals surface area contributed by atoms with Crippen molar-refractivity contribution in [1.29, 1.82) is 0 Å². The molecule has 1 aliphatic rings. The predicted octanol–water partition coefficient (Wildman–Crippen LogP) is 2.05. The molecule has 0 amide bonds. The largest absolute Gasteiger partial charge is 0.494 e. The van der Waals surface area contributed by atoms with E-state index in [1.165, 1.54) is 0 Å². The molecule has 0 fully saturated rings. The van der Waals surface area contributed by atoms with Crippen LogP contribution in [0.1, 0.15) is 33.1 Å². The van der Waals surface area contributed by atoms with E-state index in [1.807, 2.05) is 6.92 Å². The molecule has 0 radical (unpaired) electrons. The third-order valence-corrected chi connectivity index (χ3v) is 1.76. The zero-order valence-corrected chi connectivity index (χ0v) is 7.09. The molecule has 1 aliphatic heterocycles. The smallest absolute Gasteiger partial charge is 0.162 e. The molecule has 1 rings (SSSR count). The van der Waals surface area contributed by atoms with Gasteiger partial charge in [-0.1, -0.05) is 13.3 Å². The van der Waals surface area contributed by atoms with Crippen LogP contribution in [0.4, 0.5) is 0 Å². The summed E-state index contributed by atoms with van der Waals surface area (Å²) in [5, 5.41) is 0. The summed E-state index contributed by atoms with van der Waals surface area (Å²) >= 11 is 0. The van der Waals surface area contributed by atoms with E-state index in [-0.39, 0.29) is 11.9 Å². The summed E-state index contributed by atoms with van der Waals surface area (Å²) in [4.78, 5) is 11.0. The number of carbonyl (C=O) groups excluding carboxylic acids is 1. The number of carbonyl (C=O) groups is 1. The Morgan fingerprint density at radius 3 is 3.00 bits per heavy atom. The van der Waals surface area contributed by atoms with Gasteiger partial charge in [-0.2, -0.15) is 0 Å². The van der Waals surface area contributed by atoms with E-state index in [2.05, 4.69) is 6.92 Å². The molecule has 2 nitrogen and oxygen atoms in total. The Bertz CT molecular complexity index is 182. The van der Waals surface area contributed by atoms with Gasteiger partial charge in [0.2, 0.25) is 0 Å². The number of hydrogen-bond donors (Lipinski definition) is 0. The summed E-state index contributed by atoms with van der Waals surface area (Å²) in [6.07, 6.45) is 4.33. The summed E-state index contributed by atoms with van der Waals surface area (Å²) in [6, 6.07) is 0. The van der Waals surface area contributed by atoms with Crippen LogP contribution < -0.4 is 0 Å². The lowest BCUT2D eigenvalue weighted by atomic mass is 10.1. The van der Waals surface area contributed by atoms with Crippen molar-refractivity contribution in [2.75, 3.05) is 0 Å². The van der Waals surface area contributed by atoms with Crippen LogP contribution in [0, 0.1) is 0 Å². The molecule has 1 unspecified atom stereocenters. The molecule has 0 aliphatic carbocycles. The fraction of sp³-hybridized carbons (Fsp3) is 0.667. The van der Waals surface area contributed by atoms with Crippen molar-refractivity contribution < 1.29 is 9.53 Å². The molecule has 0 bridgehead atoms. The number of rotatable bonds is 2. The number of allylic oxidation sites excluding steroid dienone is 2.